The van der Waals surface area contributed by atoms with Crippen molar-refractivity contribution >= 4 is 16.0 Å². The van der Waals surface area contributed by atoms with Gasteiger partial charge in [0.1, 0.15) is 5.76 Å². The lowest BCUT2D eigenvalue weighted by molar-refractivity contribution is 0.541. The number of sulfonamides is 1. The van der Waals surface area contributed by atoms with Crippen LogP contribution in [-0.4, -0.2) is 13.4 Å². The van der Waals surface area contributed by atoms with Crippen LogP contribution in [0.1, 0.15) is 11.5 Å². The van der Waals surface area contributed by atoms with Crippen molar-refractivity contribution < 1.29 is 12.8 Å². The van der Waals surface area contributed by atoms with Crippen LogP contribution >= 0.6 is 0 Å². The lowest BCUT2D eigenvalue weighted by atomic mass is 10.4. The summed E-state index contributed by atoms with van der Waals surface area (Å²) in [5.41, 5.74) is 0.657. The number of aromatic nitrogens is 1. The van der Waals surface area contributed by atoms with Crippen molar-refractivity contribution in [3.05, 3.63) is 41.8 Å². The molecule has 0 unspecified atom stereocenters. The first-order chi connectivity index (χ1) is 7.99. The third-order valence-corrected chi connectivity index (χ3v) is 3.58. The Bertz CT molecular complexity index is 598. The molecule has 17 heavy (non-hydrogen) atoms. The Balaban J connectivity index is 2.30. The minimum atomic E-state index is -3.64. The second kappa shape index (κ2) is 4.21. The number of nitrogens with one attached hydrogen (secondary N) is 1. The molecule has 0 atom stereocenters. The Labute approximate surface area is 99.5 Å². The topological polar surface area (TPSA) is 72.2 Å². The van der Waals surface area contributed by atoms with E-state index in [2.05, 4.69) is 15.8 Å². The highest BCUT2D eigenvalue weighted by Gasteiger charge is 2.17. The van der Waals surface area contributed by atoms with Gasteiger partial charge in [0.2, 0.25) is 0 Å². The fourth-order valence-corrected chi connectivity index (χ4v) is 2.17. The Morgan fingerprint density at radius 3 is 2.47 bits per heavy atom. The fraction of sp³-hybridized carbons (Fsp3) is 0.182. The van der Waals surface area contributed by atoms with Crippen molar-refractivity contribution in [3.8, 4) is 0 Å². The van der Waals surface area contributed by atoms with Crippen LogP contribution in [0, 0.1) is 19.9 Å². The lowest BCUT2D eigenvalue weighted by Gasteiger charge is -2.03. The zero-order valence-corrected chi connectivity index (χ0v) is 10.2. The van der Waals surface area contributed by atoms with Crippen molar-refractivity contribution in [2.24, 2.45) is 0 Å². The summed E-state index contributed by atoms with van der Waals surface area (Å²) in [6.45, 7) is 3.46. The number of anilines is 1. The smallest absolute Gasteiger partial charge is 0.309 e. The maximum Gasteiger partial charge on any atom is 0.309 e. The third kappa shape index (κ3) is 2.47. The van der Waals surface area contributed by atoms with Crippen LogP contribution in [-0.2, 0) is 10.0 Å². The van der Waals surface area contributed by atoms with Crippen LogP contribution in [0.15, 0.2) is 33.6 Å². The standard InChI is InChI=1S/C11H11N2O3S/c1-8-9(2)16-11(12-8)13-17(14,15)10-6-4-3-5-7-10/h4-7H,1-2H3,(H,12,13). The summed E-state index contributed by atoms with van der Waals surface area (Å²) in [6, 6.07) is 8.69. The molecule has 6 heteroatoms. The number of hydrogen-bond donors (Lipinski definition) is 1. The number of nitrogens with zero attached hydrogens (tertiary/aromatic N) is 1. The number of aryl methyl sites for hydroxylation is 2. The summed E-state index contributed by atoms with van der Waals surface area (Å²) in [5.74, 6) is 0.587. The molecule has 5 nitrogen and oxygen atoms in total. The largest absolute Gasteiger partial charge is 0.428 e. The molecule has 2 rings (SSSR count). The van der Waals surface area contributed by atoms with Crippen LogP contribution in [0.4, 0.5) is 6.01 Å². The molecule has 0 bridgehead atoms. The van der Waals surface area contributed by atoms with Gasteiger partial charge in [-0.15, -0.1) is 0 Å². The average molecular weight is 251 g/mol. The van der Waals surface area contributed by atoms with Crippen molar-refractivity contribution in [3.63, 3.8) is 0 Å². The molecule has 1 aromatic heterocycles. The summed E-state index contributed by atoms with van der Waals surface area (Å²) >= 11 is 0. The molecule has 0 fully saturated rings. The van der Waals surface area contributed by atoms with Gasteiger partial charge in [-0.3, -0.25) is 0 Å². The molecule has 0 amide bonds. The van der Waals surface area contributed by atoms with Gasteiger partial charge in [-0.1, -0.05) is 12.1 Å². The fourth-order valence-electron chi connectivity index (χ4n) is 1.24. The summed E-state index contributed by atoms with van der Waals surface area (Å²) in [5, 5.41) is 0. The second-order valence-corrected chi connectivity index (χ2v) is 5.18. The predicted octanol–water partition coefficient (Wildman–Crippen LogP) is 1.89. The highest BCUT2D eigenvalue weighted by molar-refractivity contribution is 7.92. The Hall–Kier alpha value is -1.82. The molecule has 0 aliphatic heterocycles. The normalized spacial score (nSPS) is 11.4. The molecule has 0 saturated carbocycles. The molecule has 0 spiro atoms. The SMILES string of the molecule is Cc1nc(NS(=O)(=O)c2cc[c]cc2)oc1C. The van der Waals surface area contributed by atoms with Gasteiger partial charge in [0.25, 0.3) is 10.0 Å². The Morgan fingerprint density at radius 2 is 1.94 bits per heavy atom. The minimum Gasteiger partial charge on any atom is -0.428 e. The summed E-state index contributed by atoms with van der Waals surface area (Å²) in [6.07, 6.45) is 0. The molecule has 1 radical (unpaired) electrons. The van der Waals surface area contributed by atoms with E-state index in [9.17, 15) is 8.42 Å². The van der Waals surface area contributed by atoms with Gasteiger partial charge in [0.15, 0.2) is 0 Å². The highest BCUT2D eigenvalue weighted by Crippen LogP contribution is 2.17. The zero-order chi connectivity index (χ0) is 12.5. The molecule has 89 valence electrons. The Kier molecular flexibility index (Phi) is 2.89. The monoisotopic (exact) mass is 251 g/mol. The van der Waals surface area contributed by atoms with E-state index in [1.165, 1.54) is 24.3 Å². The van der Waals surface area contributed by atoms with Crippen LogP contribution in [0.25, 0.3) is 0 Å². The van der Waals surface area contributed by atoms with E-state index in [1.807, 2.05) is 0 Å². The first-order valence-corrected chi connectivity index (χ1v) is 6.40. The highest BCUT2D eigenvalue weighted by atomic mass is 32.2. The molecule has 0 aliphatic rings. The number of hydrogen-bond acceptors (Lipinski definition) is 4. The van der Waals surface area contributed by atoms with Crippen LogP contribution in [0.5, 0.6) is 0 Å². The van der Waals surface area contributed by atoms with E-state index >= 15 is 0 Å². The summed E-state index contributed by atoms with van der Waals surface area (Å²) in [4.78, 5) is 4.10. The zero-order valence-electron chi connectivity index (χ0n) is 9.39. The van der Waals surface area contributed by atoms with E-state index in [0.29, 0.717) is 11.5 Å². The maximum absolute atomic E-state index is 11.9. The van der Waals surface area contributed by atoms with Crippen LogP contribution in [0.2, 0.25) is 0 Å². The second-order valence-electron chi connectivity index (χ2n) is 3.50. The first kappa shape index (κ1) is 11.7. The number of rotatable bonds is 3. The molecule has 0 saturated heterocycles. The molecular formula is C11H11N2O3S. The maximum atomic E-state index is 11.9. The van der Waals surface area contributed by atoms with Gasteiger partial charge in [-0.2, -0.15) is 4.98 Å². The van der Waals surface area contributed by atoms with E-state index in [0.717, 1.165) is 0 Å². The Morgan fingerprint density at radius 1 is 1.29 bits per heavy atom. The van der Waals surface area contributed by atoms with E-state index in [1.54, 1.807) is 13.8 Å². The molecule has 0 aliphatic carbocycles. The van der Waals surface area contributed by atoms with Crippen molar-refractivity contribution in [1.82, 2.24) is 4.98 Å². The quantitative estimate of drug-likeness (QED) is 0.904. The van der Waals surface area contributed by atoms with E-state index < -0.39 is 10.0 Å². The molecule has 1 heterocycles. The van der Waals surface area contributed by atoms with Gasteiger partial charge in [-0.05, 0) is 32.0 Å². The van der Waals surface area contributed by atoms with Crippen molar-refractivity contribution in [2.75, 3.05) is 4.72 Å². The van der Waals surface area contributed by atoms with Crippen molar-refractivity contribution in [1.29, 1.82) is 0 Å². The van der Waals surface area contributed by atoms with Crippen LogP contribution < -0.4 is 4.72 Å². The minimum absolute atomic E-state index is 0.0205. The molecule has 1 aromatic carbocycles. The van der Waals surface area contributed by atoms with Gasteiger partial charge < -0.3 is 4.42 Å². The van der Waals surface area contributed by atoms with E-state index in [-0.39, 0.29) is 10.9 Å². The lowest BCUT2D eigenvalue weighted by Crippen LogP contribution is -2.12. The average Bonchev–Trinajstić information content (AvgIpc) is 2.58. The first-order valence-electron chi connectivity index (χ1n) is 4.92. The number of benzene rings is 1. The molecule has 1 N–H and O–H groups in total. The molecular weight excluding hydrogens is 240 g/mol. The molecule has 2 aromatic rings. The van der Waals surface area contributed by atoms with E-state index in [4.69, 9.17) is 4.42 Å². The van der Waals surface area contributed by atoms with Gasteiger partial charge in [-0.25, -0.2) is 13.1 Å². The number of oxazole rings is 1. The van der Waals surface area contributed by atoms with Gasteiger partial charge in [0.05, 0.1) is 10.6 Å². The van der Waals surface area contributed by atoms with Gasteiger partial charge in [0, 0.05) is 0 Å². The summed E-state index contributed by atoms with van der Waals surface area (Å²) in [7, 11) is -3.64. The summed E-state index contributed by atoms with van der Waals surface area (Å²) < 4.78 is 31.2. The predicted molar refractivity (Wildman–Crippen MR) is 62.1 cm³/mol. The van der Waals surface area contributed by atoms with Crippen LogP contribution in [0.3, 0.4) is 0 Å². The third-order valence-electron chi connectivity index (χ3n) is 2.25. The van der Waals surface area contributed by atoms with Crippen molar-refractivity contribution in [2.45, 2.75) is 18.7 Å². The van der Waals surface area contributed by atoms with Gasteiger partial charge >= 0.3 is 6.01 Å².